The molecule has 1 aromatic rings. The summed E-state index contributed by atoms with van der Waals surface area (Å²) in [6.45, 7) is 5.27. The third-order valence-corrected chi connectivity index (χ3v) is 2.40. The van der Waals surface area contributed by atoms with E-state index < -0.39 is 12.0 Å². The van der Waals surface area contributed by atoms with Crippen molar-refractivity contribution in [1.82, 2.24) is 5.32 Å². The van der Waals surface area contributed by atoms with Crippen molar-refractivity contribution in [3.05, 3.63) is 48.0 Å². The van der Waals surface area contributed by atoms with Gasteiger partial charge in [0, 0.05) is 5.56 Å². The lowest BCUT2D eigenvalue weighted by molar-refractivity contribution is -0.139. The molecule has 0 spiro atoms. The summed E-state index contributed by atoms with van der Waals surface area (Å²) in [4.78, 5) is 22.7. The second kappa shape index (κ2) is 5.84. The van der Waals surface area contributed by atoms with E-state index in [4.69, 9.17) is 5.11 Å². The molecule has 4 heteroatoms. The first-order valence-electron chi connectivity index (χ1n) is 5.26. The predicted octanol–water partition coefficient (Wildman–Crippen LogP) is 1.75. The first kappa shape index (κ1) is 13.0. The van der Waals surface area contributed by atoms with Gasteiger partial charge in [-0.05, 0) is 25.0 Å². The summed E-state index contributed by atoms with van der Waals surface area (Å²) in [5.41, 5.74) is 1.30. The van der Waals surface area contributed by atoms with Crippen LogP contribution in [-0.2, 0) is 4.79 Å². The third kappa shape index (κ3) is 3.45. The average Bonchev–Trinajstić information content (AvgIpc) is 2.28. The lowest BCUT2D eigenvalue weighted by Gasteiger charge is -2.13. The molecule has 0 saturated carbocycles. The number of amides is 1. The molecule has 2 N–H and O–H groups in total. The van der Waals surface area contributed by atoms with Gasteiger partial charge >= 0.3 is 5.97 Å². The molecule has 4 nitrogen and oxygen atoms in total. The molecular weight excluding hydrogens is 218 g/mol. The molecule has 90 valence electrons. The Morgan fingerprint density at radius 2 is 2.12 bits per heavy atom. The second-order valence-electron chi connectivity index (χ2n) is 3.70. The van der Waals surface area contributed by atoms with Crippen molar-refractivity contribution in [1.29, 1.82) is 0 Å². The van der Waals surface area contributed by atoms with Crippen molar-refractivity contribution >= 4 is 11.9 Å². The molecule has 0 bridgehead atoms. The summed E-state index contributed by atoms with van der Waals surface area (Å²) in [5.74, 6) is -1.44. The number of carboxylic acids is 1. The minimum atomic E-state index is -1.06. The Labute approximate surface area is 100.0 Å². The zero-order valence-electron chi connectivity index (χ0n) is 9.64. The molecule has 0 saturated heterocycles. The molecule has 0 fully saturated rings. The fraction of sp³-hybridized carbons (Fsp3) is 0.231. The molecule has 1 amide bonds. The summed E-state index contributed by atoms with van der Waals surface area (Å²) in [6.07, 6.45) is 1.67. The highest BCUT2D eigenvalue weighted by Crippen LogP contribution is 2.07. The standard InChI is InChI=1S/C13H15NO3/c1-3-6-11(13(16)17)14-12(15)10-8-5-4-7-9(10)2/h3-5,7-8,11H,1,6H2,2H3,(H,14,15)(H,16,17). The van der Waals surface area contributed by atoms with Crippen LogP contribution < -0.4 is 5.32 Å². The van der Waals surface area contributed by atoms with Crippen LogP contribution in [0.25, 0.3) is 0 Å². The number of aliphatic carboxylic acids is 1. The van der Waals surface area contributed by atoms with Crippen LogP contribution in [0.15, 0.2) is 36.9 Å². The normalized spacial score (nSPS) is 11.6. The predicted molar refractivity (Wildman–Crippen MR) is 64.9 cm³/mol. The summed E-state index contributed by atoms with van der Waals surface area (Å²) >= 11 is 0. The van der Waals surface area contributed by atoms with Gasteiger partial charge in [-0.3, -0.25) is 4.79 Å². The van der Waals surface area contributed by atoms with Crippen molar-refractivity contribution in [2.24, 2.45) is 0 Å². The van der Waals surface area contributed by atoms with Crippen LogP contribution in [0, 0.1) is 6.92 Å². The molecule has 1 unspecified atom stereocenters. The van der Waals surface area contributed by atoms with Gasteiger partial charge in [0.25, 0.3) is 5.91 Å². The van der Waals surface area contributed by atoms with Crippen LogP contribution in [-0.4, -0.2) is 23.0 Å². The maximum atomic E-state index is 11.8. The molecule has 17 heavy (non-hydrogen) atoms. The topological polar surface area (TPSA) is 66.4 Å². The van der Waals surface area contributed by atoms with Crippen LogP contribution in [0.3, 0.4) is 0 Å². The van der Waals surface area contributed by atoms with Crippen molar-refractivity contribution in [2.75, 3.05) is 0 Å². The van der Waals surface area contributed by atoms with E-state index in [-0.39, 0.29) is 12.3 Å². The maximum absolute atomic E-state index is 11.8. The van der Waals surface area contributed by atoms with Crippen LogP contribution >= 0.6 is 0 Å². The lowest BCUT2D eigenvalue weighted by atomic mass is 10.1. The summed E-state index contributed by atoms with van der Waals surface area (Å²) in [7, 11) is 0. The second-order valence-corrected chi connectivity index (χ2v) is 3.70. The molecule has 0 aromatic heterocycles. The summed E-state index contributed by atoms with van der Waals surface area (Å²) in [5, 5.41) is 11.4. The zero-order valence-corrected chi connectivity index (χ0v) is 9.64. The van der Waals surface area contributed by atoms with Gasteiger partial charge in [-0.15, -0.1) is 6.58 Å². The van der Waals surface area contributed by atoms with Gasteiger partial charge < -0.3 is 10.4 Å². The van der Waals surface area contributed by atoms with E-state index in [1.807, 2.05) is 6.07 Å². The van der Waals surface area contributed by atoms with Gasteiger partial charge in [-0.2, -0.15) is 0 Å². The Hall–Kier alpha value is -2.10. The monoisotopic (exact) mass is 233 g/mol. The quantitative estimate of drug-likeness (QED) is 0.761. The van der Waals surface area contributed by atoms with Gasteiger partial charge in [0.1, 0.15) is 6.04 Å². The Balaban J connectivity index is 2.81. The molecular formula is C13H15NO3. The number of carbonyl (C=O) groups excluding carboxylic acids is 1. The van der Waals surface area contributed by atoms with Gasteiger partial charge in [0.15, 0.2) is 0 Å². The molecule has 0 aliphatic rings. The number of hydrogen-bond acceptors (Lipinski definition) is 2. The molecule has 1 atom stereocenters. The Morgan fingerprint density at radius 1 is 1.47 bits per heavy atom. The van der Waals surface area contributed by atoms with Gasteiger partial charge in [-0.1, -0.05) is 24.3 Å². The minimum Gasteiger partial charge on any atom is -0.480 e. The summed E-state index contributed by atoms with van der Waals surface area (Å²) in [6, 6.07) is 6.10. The van der Waals surface area contributed by atoms with Crippen molar-refractivity contribution in [2.45, 2.75) is 19.4 Å². The molecule has 0 radical (unpaired) electrons. The highest BCUT2D eigenvalue weighted by molar-refractivity contribution is 5.97. The van der Waals surface area contributed by atoms with Gasteiger partial charge in [-0.25, -0.2) is 4.79 Å². The number of aryl methyl sites for hydroxylation is 1. The van der Waals surface area contributed by atoms with Crippen LogP contribution in [0.5, 0.6) is 0 Å². The molecule has 0 heterocycles. The van der Waals surface area contributed by atoms with E-state index in [1.54, 1.807) is 25.1 Å². The highest BCUT2D eigenvalue weighted by atomic mass is 16.4. The SMILES string of the molecule is C=CCC(NC(=O)c1ccccc1C)C(=O)O. The van der Waals surface area contributed by atoms with E-state index in [9.17, 15) is 9.59 Å². The van der Waals surface area contributed by atoms with E-state index in [0.717, 1.165) is 5.56 Å². The Morgan fingerprint density at radius 3 is 2.65 bits per heavy atom. The van der Waals surface area contributed by atoms with E-state index in [1.165, 1.54) is 6.08 Å². The number of carboxylic acid groups (broad SMARTS) is 1. The number of hydrogen-bond donors (Lipinski definition) is 2. The van der Waals surface area contributed by atoms with Crippen LogP contribution in [0.4, 0.5) is 0 Å². The highest BCUT2D eigenvalue weighted by Gasteiger charge is 2.19. The van der Waals surface area contributed by atoms with Crippen molar-refractivity contribution < 1.29 is 14.7 Å². The van der Waals surface area contributed by atoms with Crippen molar-refractivity contribution in [3.8, 4) is 0 Å². The lowest BCUT2D eigenvalue weighted by Crippen LogP contribution is -2.40. The zero-order chi connectivity index (χ0) is 12.8. The number of rotatable bonds is 5. The van der Waals surface area contributed by atoms with Crippen LogP contribution in [0.1, 0.15) is 22.3 Å². The van der Waals surface area contributed by atoms with E-state index in [0.29, 0.717) is 5.56 Å². The third-order valence-electron chi connectivity index (χ3n) is 2.40. The first-order valence-corrected chi connectivity index (χ1v) is 5.26. The minimum absolute atomic E-state index is 0.201. The molecule has 1 aromatic carbocycles. The van der Waals surface area contributed by atoms with Gasteiger partial charge in [0.2, 0.25) is 0 Å². The Bertz CT molecular complexity index is 440. The van der Waals surface area contributed by atoms with E-state index >= 15 is 0 Å². The number of benzene rings is 1. The smallest absolute Gasteiger partial charge is 0.326 e. The first-order chi connectivity index (χ1) is 8.06. The summed E-state index contributed by atoms with van der Waals surface area (Å²) < 4.78 is 0. The number of nitrogens with one attached hydrogen (secondary N) is 1. The molecule has 0 aliphatic heterocycles. The fourth-order valence-electron chi connectivity index (χ4n) is 1.45. The molecule has 1 rings (SSSR count). The van der Waals surface area contributed by atoms with Crippen LogP contribution in [0.2, 0.25) is 0 Å². The van der Waals surface area contributed by atoms with Gasteiger partial charge in [0.05, 0.1) is 0 Å². The fourth-order valence-corrected chi connectivity index (χ4v) is 1.45. The number of carbonyl (C=O) groups is 2. The van der Waals surface area contributed by atoms with E-state index in [2.05, 4.69) is 11.9 Å². The maximum Gasteiger partial charge on any atom is 0.326 e. The molecule has 0 aliphatic carbocycles. The average molecular weight is 233 g/mol. The van der Waals surface area contributed by atoms with Crippen molar-refractivity contribution in [3.63, 3.8) is 0 Å². The Kier molecular flexibility index (Phi) is 4.46. The largest absolute Gasteiger partial charge is 0.480 e.